The third-order valence-electron chi connectivity index (χ3n) is 2.42. The minimum atomic E-state index is 0.0931. The van der Waals surface area contributed by atoms with E-state index in [0.717, 1.165) is 58.3 Å². The van der Waals surface area contributed by atoms with E-state index in [-0.39, 0.29) is 5.91 Å². The molecule has 0 rings (SSSR count). The zero-order chi connectivity index (χ0) is 12.8. The zero-order valence-corrected chi connectivity index (χ0v) is 11.4. The maximum absolute atomic E-state index is 11.3. The lowest BCUT2D eigenvalue weighted by molar-refractivity contribution is -0.122. The minimum Gasteiger partial charge on any atom is -0.381 e. The van der Waals surface area contributed by atoms with Gasteiger partial charge in [-0.25, -0.2) is 5.43 Å². The van der Waals surface area contributed by atoms with Crippen LogP contribution < -0.4 is 10.9 Å². The van der Waals surface area contributed by atoms with Crippen molar-refractivity contribution >= 4 is 5.91 Å². The average molecular weight is 244 g/mol. The fourth-order valence-corrected chi connectivity index (χ4v) is 1.40. The second kappa shape index (κ2) is 13.5. The molecule has 0 aromatic carbocycles. The van der Waals surface area contributed by atoms with Crippen molar-refractivity contribution in [2.75, 3.05) is 19.8 Å². The van der Waals surface area contributed by atoms with Crippen molar-refractivity contribution in [1.29, 1.82) is 0 Å². The summed E-state index contributed by atoms with van der Waals surface area (Å²) >= 11 is 0. The summed E-state index contributed by atoms with van der Waals surface area (Å²) in [6.07, 6.45) is 6.97. The molecule has 0 aliphatic rings. The van der Waals surface area contributed by atoms with Gasteiger partial charge in [0.15, 0.2) is 0 Å². The lowest BCUT2D eigenvalue weighted by Gasteiger charge is -2.06. The third kappa shape index (κ3) is 13.3. The smallest absolute Gasteiger partial charge is 0.234 e. The molecule has 0 spiro atoms. The minimum absolute atomic E-state index is 0.0931. The Hall–Kier alpha value is -0.610. The van der Waals surface area contributed by atoms with Crippen LogP contribution >= 0.6 is 0 Å². The van der Waals surface area contributed by atoms with Crippen LogP contribution in [0.5, 0.6) is 0 Å². The van der Waals surface area contributed by atoms with E-state index in [4.69, 9.17) is 4.74 Å². The normalized spacial score (nSPS) is 10.5. The van der Waals surface area contributed by atoms with E-state index in [2.05, 4.69) is 24.7 Å². The summed E-state index contributed by atoms with van der Waals surface area (Å²) in [6.45, 7) is 6.76. The van der Waals surface area contributed by atoms with Gasteiger partial charge in [0.1, 0.15) is 0 Å². The molecule has 0 aromatic heterocycles. The van der Waals surface area contributed by atoms with Crippen LogP contribution in [0.15, 0.2) is 0 Å². The van der Waals surface area contributed by atoms with Gasteiger partial charge < -0.3 is 4.74 Å². The molecule has 0 bridgehead atoms. The van der Waals surface area contributed by atoms with Gasteiger partial charge >= 0.3 is 0 Å². The number of hydrogen-bond donors (Lipinski definition) is 2. The van der Waals surface area contributed by atoms with Crippen LogP contribution in [0.4, 0.5) is 0 Å². The molecule has 4 nitrogen and oxygen atoms in total. The summed E-state index contributed by atoms with van der Waals surface area (Å²) < 4.78 is 5.37. The van der Waals surface area contributed by atoms with Crippen LogP contribution in [0, 0.1) is 0 Å². The second-order valence-electron chi connectivity index (χ2n) is 4.25. The molecule has 102 valence electrons. The summed E-state index contributed by atoms with van der Waals surface area (Å²) in [5.41, 5.74) is 5.64. The number of hydrazine groups is 1. The Morgan fingerprint density at radius 2 is 1.82 bits per heavy atom. The number of nitrogens with one attached hydrogen (secondary N) is 2. The van der Waals surface area contributed by atoms with E-state index >= 15 is 0 Å². The number of carbonyl (C=O) groups excluding carboxylic acids is 1. The van der Waals surface area contributed by atoms with Crippen molar-refractivity contribution < 1.29 is 9.53 Å². The van der Waals surface area contributed by atoms with Gasteiger partial charge in [-0.05, 0) is 25.7 Å². The molecule has 0 aromatic rings. The summed E-state index contributed by atoms with van der Waals surface area (Å²) in [6, 6.07) is 0. The maximum Gasteiger partial charge on any atom is 0.234 e. The molecule has 0 fully saturated rings. The zero-order valence-electron chi connectivity index (χ0n) is 11.4. The third-order valence-corrected chi connectivity index (χ3v) is 2.42. The standard InChI is InChI=1S/C13H28N2O2/c1-3-5-10-14-15-13(16)9-7-6-8-12-17-11-4-2/h14H,3-12H2,1-2H3,(H,15,16). The van der Waals surface area contributed by atoms with Crippen LogP contribution in [0.3, 0.4) is 0 Å². The van der Waals surface area contributed by atoms with E-state index in [1.807, 2.05) is 0 Å². The SMILES string of the molecule is CCCCNNC(=O)CCCCCOCCC. The molecule has 1 amide bonds. The number of carbonyl (C=O) groups is 1. The van der Waals surface area contributed by atoms with Gasteiger partial charge in [0.25, 0.3) is 0 Å². The maximum atomic E-state index is 11.3. The number of unbranched alkanes of at least 4 members (excludes halogenated alkanes) is 3. The molecule has 2 N–H and O–H groups in total. The number of rotatable bonds is 12. The highest BCUT2D eigenvalue weighted by atomic mass is 16.5. The Morgan fingerprint density at radius 3 is 2.53 bits per heavy atom. The van der Waals surface area contributed by atoms with E-state index < -0.39 is 0 Å². The van der Waals surface area contributed by atoms with Gasteiger partial charge in [-0.1, -0.05) is 26.7 Å². The van der Waals surface area contributed by atoms with Gasteiger partial charge in [0.2, 0.25) is 5.91 Å². The summed E-state index contributed by atoms with van der Waals surface area (Å²) in [5.74, 6) is 0.0931. The highest BCUT2D eigenvalue weighted by Gasteiger charge is 1.99. The van der Waals surface area contributed by atoms with Crippen LogP contribution in [0.1, 0.15) is 58.8 Å². The molecule has 4 heteroatoms. The molecular weight excluding hydrogens is 216 g/mol. The fourth-order valence-electron chi connectivity index (χ4n) is 1.40. The Kier molecular flexibility index (Phi) is 13.0. The van der Waals surface area contributed by atoms with Gasteiger partial charge in [0, 0.05) is 26.2 Å². The van der Waals surface area contributed by atoms with Crippen molar-refractivity contribution in [3.05, 3.63) is 0 Å². The molecule has 0 saturated heterocycles. The first-order valence-electron chi connectivity index (χ1n) is 6.90. The fraction of sp³-hybridized carbons (Fsp3) is 0.923. The van der Waals surface area contributed by atoms with E-state index in [0.29, 0.717) is 6.42 Å². The van der Waals surface area contributed by atoms with Gasteiger partial charge in [0.05, 0.1) is 0 Å². The van der Waals surface area contributed by atoms with Crippen molar-refractivity contribution in [3.63, 3.8) is 0 Å². The Labute approximate surface area is 105 Å². The first kappa shape index (κ1) is 16.4. The largest absolute Gasteiger partial charge is 0.381 e. The Morgan fingerprint density at radius 1 is 1.00 bits per heavy atom. The number of ether oxygens (including phenoxy) is 1. The highest BCUT2D eigenvalue weighted by Crippen LogP contribution is 2.00. The van der Waals surface area contributed by atoms with Crippen molar-refractivity contribution in [3.8, 4) is 0 Å². The van der Waals surface area contributed by atoms with Crippen molar-refractivity contribution in [2.24, 2.45) is 0 Å². The molecule has 0 saturated carbocycles. The van der Waals surface area contributed by atoms with E-state index in [1.165, 1.54) is 0 Å². The lowest BCUT2D eigenvalue weighted by atomic mass is 10.2. The quantitative estimate of drug-likeness (QED) is 0.409. The van der Waals surface area contributed by atoms with Crippen LogP contribution in [0.2, 0.25) is 0 Å². The van der Waals surface area contributed by atoms with Crippen LogP contribution in [-0.2, 0) is 9.53 Å². The summed E-state index contributed by atoms with van der Waals surface area (Å²) in [4.78, 5) is 11.3. The Bertz CT molecular complexity index is 175. The molecule has 0 radical (unpaired) electrons. The van der Waals surface area contributed by atoms with Crippen LogP contribution in [0.25, 0.3) is 0 Å². The molecule has 0 heterocycles. The predicted molar refractivity (Wildman–Crippen MR) is 70.6 cm³/mol. The Balaban J connectivity index is 3.11. The molecule has 0 aliphatic heterocycles. The second-order valence-corrected chi connectivity index (χ2v) is 4.25. The lowest BCUT2D eigenvalue weighted by Crippen LogP contribution is -2.37. The number of amides is 1. The molecule has 0 aliphatic carbocycles. The average Bonchev–Trinajstić information content (AvgIpc) is 2.33. The van der Waals surface area contributed by atoms with Gasteiger partial charge in [-0.2, -0.15) is 0 Å². The topological polar surface area (TPSA) is 50.4 Å². The molecular formula is C13H28N2O2. The van der Waals surface area contributed by atoms with E-state index in [1.54, 1.807) is 0 Å². The first-order chi connectivity index (χ1) is 8.31. The first-order valence-corrected chi connectivity index (χ1v) is 6.90. The predicted octanol–water partition coefficient (Wildman–Crippen LogP) is 2.39. The monoisotopic (exact) mass is 244 g/mol. The summed E-state index contributed by atoms with van der Waals surface area (Å²) in [7, 11) is 0. The molecule has 0 unspecified atom stereocenters. The molecule has 17 heavy (non-hydrogen) atoms. The van der Waals surface area contributed by atoms with Crippen LogP contribution in [-0.4, -0.2) is 25.7 Å². The van der Waals surface area contributed by atoms with E-state index in [9.17, 15) is 4.79 Å². The summed E-state index contributed by atoms with van der Waals surface area (Å²) in [5, 5.41) is 0. The van der Waals surface area contributed by atoms with Crippen molar-refractivity contribution in [2.45, 2.75) is 58.8 Å². The van der Waals surface area contributed by atoms with Gasteiger partial charge in [-0.3, -0.25) is 10.2 Å². The van der Waals surface area contributed by atoms with Gasteiger partial charge in [-0.15, -0.1) is 0 Å². The number of hydrogen-bond acceptors (Lipinski definition) is 3. The molecule has 0 atom stereocenters. The van der Waals surface area contributed by atoms with Crippen molar-refractivity contribution in [1.82, 2.24) is 10.9 Å². The highest BCUT2D eigenvalue weighted by molar-refractivity contribution is 5.75.